The molecule has 0 bridgehead atoms. The third-order valence-corrected chi connectivity index (χ3v) is 3.08. The SMILES string of the molecule is NS(=O)(=O)c1c([N+](=O)[O-])ccc(Br)c1F. The number of nitrogens with two attached hydrogens (primary N) is 1. The van der Waals surface area contributed by atoms with Gasteiger partial charge >= 0.3 is 0 Å². The first-order chi connectivity index (χ1) is 6.75. The zero-order valence-electron chi connectivity index (χ0n) is 6.98. The summed E-state index contributed by atoms with van der Waals surface area (Å²) in [5, 5.41) is 15.1. The lowest BCUT2D eigenvalue weighted by molar-refractivity contribution is -0.388. The molecule has 1 aromatic carbocycles. The zero-order chi connectivity index (χ0) is 11.8. The van der Waals surface area contributed by atoms with Gasteiger partial charge in [0.15, 0.2) is 10.7 Å². The van der Waals surface area contributed by atoms with E-state index in [1.165, 1.54) is 0 Å². The highest BCUT2D eigenvalue weighted by Crippen LogP contribution is 2.30. The predicted molar refractivity (Wildman–Crippen MR) is 52.1 cm³/mol. The van der Waals surface area contributed by atoms with Gasteiger partial charge in [0, 0.05) is 6.07 Å². The lowest BCUT2D eigenvalue weighted by Gasteiger charge is -2.02. The largest absolute Gasteiger partial charge is 0.292 e. The van der Waals surface area contributed by atoms with Gasteiger partial charge in [-0.3, -0.25) is 10.1 Å². The molecule has 0 aliphatic carbocycles. The molecule has 0 radical (unpaired) electrons. The van der Waals surface area contributed by atoms with Gasteiger partial charge in [-0.1, -0.05) is 0 Å². The van der Waals surface area contributed by atoms with E-state index < -0.39 is 31.3 Å². The summed E-state index contributed by atoms with van der Waals surface area (Å²) in [4.78, 5) is 8.29. The summed E-state index contributed by atoms with van der Waals surface area (Å²) in [5.41, 5.74) is -0.891. The molecule has 0 spiro atoms. The predicted octanol–water partition coefficient (Wildman–Crippen LogP) is 1.14. The maximum Gasteiger partial charge on any atom is 0.292 e. The Balaban J connectivity index is 3.72. The molecule has 0 aliphatic heterocycles. The fourth-order valence-electron chi connectivity index (χ4n) is 0.936. The molecule has 1 rings (SSSR count). The molecule has 0 atom stereocenters. The first kappa shape index (κ1) is 12.0. The second-order valence-corrected chi connectivity index (χ2v) is 4.86. The molecule has 15 heavy (non-hydrogen) atoms. The molecule has 0 heterocycles. The van der Waals surface area contributed by atoms with Gasteiger partial charge in [0.25, 0.3) is 5.69 Å². The fourth-order valence-corrected chi connectivity index (χ4v) is 2.19. The van der Waals surface area contributed by atoms with Crippen LogP contribution in [0.1, 0.15) is 0 Å². The van der Waals surface area contributed by atoms with E-state index in [9.17, 15) is 22.9 Å². The topological polar surface area (TPSA) is 103 Å². The average Bonchev–Trinajstić information content (AvgIpc) is 2.06. The average molecular weight is 299 g/mol. The van der Waals surface area contributed by atoms with Gasteiger partial charge in [0.1, 0.15) is 0 Å². The van der Waals surface area contributed by atoms with E-state index in [1.807, 2.05) is 0 Å². The highest BCUT2D eigenvalue weighted by atomic mass is 79.9. The summed E-state index contributed by atoms with van der Waals surface area (Å²) in [6, 6.07) is 1.88. The van der Waals surface area contributed by atoms with Crippen LogP contribution in [-0.4, -0.2) is 13.3 Å². The van der Waals surface area contributed by atoms with Crippen LogP contribution in [0.2, 0.25) is 0 Å². The van der Waals surface area contributed by atoms with Crippen LogP contribution in [0.25, 0.3) is 0 Å². The van der Waals surface area contributed by atoms with Crippen LogP contribution in [0.5, 0.6) is 0 Å². The van der Waals surface area contributed by atoms with Crippen LogP contribution in [0.15, 0.2) is 21.5 Å². The first-order valence-corrected chi connectivity index (χ1v) is 5.74. The lowest BCUT2D eigenvalue weighted by Crippen LogP contribution is -2.16. The molecular formula is C6H4BrFN2O4S. The number of benzene rings is 1. The standard InChI is InChI=1S/C6H4BrFN2O4S/c7-3-1-2-4(10(11)12)6(5(3)8)15(9,13)14/h1-2H,(H2,9,13,14). The van der Waals surface area contributed by atoms with Crippen molar-refractivity contribution in [3.8, 4) is 0 Å². The Bertz CT molecular complexity index is 530. The number of hydrogen-bond donors (Lipinski definition) is 1. The summed E-state index contributed by atoms with van der Waals surface area (Å²) >= 11 is 2.70. The van der Waals surface area contributed by atoms with Crippen molar-refractivity contribution in [1.29, 1.82) is 0 Å². The Labute approximate surface area is 92.2 Å². The molecule has 6 nitrogen and oxygen atoms in total. The molecule has 0 fully saturated rings. The maximum atomic E-state index is 13.3. The number of halogens is 2. The van der Waals surface area contributed by atoms with E-state index in [1.54, 1.807) is 0 Å². The summed E-state index contributed by atoms with van der Waals surface area (Å²) in [5.74, 6) is -1.27. The number of hydrogen-bond acceptors (Lipinski definition) is 4. The number of nitro benzene ring substituents is 1. The first-order valence-electron chi connectivity index (χ1n) is 3.40. The van der Waals surface area contributed by atoms with Crippen LogP contribution in [-0.2, 0) is 10.0 Å². The molecular weight excluding hydrogens is 295 g/mol. The summed E-state index contributed by atoms with van der Waals surface area (Å²) < 4.78 is 35.0. The van der Waals surface area contributed by atoms with Gasteiger partial charge in [-0.15, -0.1) is 0 Å². The molecule has 1 aromatic rings. The Kier molecular flexibility index (Phi) is 3.07. The monoisotopic (exact) mass is 298 g/mol. The molecule has 82 valence electrons. The van der Waals surface area contributed by atoms with Crippen molar-refractivity contribution in [2.45, 2.75) is 4.90 Å². The maximum absolute atomic E-state index is 13.3. The molecule has 0 aromatic heterocycles. The van der Waals surface area contributed by atoms with Crippen molar-refractivity contribution >= 4 is 31.6 Å². The molecule has 0 saturated heterocycles. The molecule has 0 saturated carbocycles. The van der Waals surface area contributed by atoms with Crippen molar-refractivity contribution in [3.63, 3.8) is 0 Å². The summed E-state index contributed by atoms with van der Waals surface area (Å²) in [6.45, 7) is 0. The highest BCUT2D eigenvalue weighted by Gasteiger charge is 2.28. The van der Waals surface area contributed by atoms with E-state index in [0.717, 1.165) is 12.1 Å². The number of nitro groups is 1. The van der Waals surface area contributed by atoms with E-state index in [2.05, 4.69) is 21.1 Å². The van der Waals surface area contributed by atoms with Gasteiger partial charge in [-0.05, 0) is 22.0 Å². The van der Waals surface area contributed by atoms with Crippen molar-refractivity contribution in [2.75, 3.05) is 0 Å². The third-order valence-electron chi connectivity index (χ3n) is 1.51. The van der Waals surface area contributed by atoms with E-state index in [0.29, 0.717) is 0 Å². The Morgan fingerprint density at radius 1 is 1.47 bits per heavy atom. The number of sulfonamides is 1. The van der Waals surface area contributed by atoms with Crippen LogP contribution in [0, 0.1) is 15.9 Å². The van der Waals surface area contributed by atoms with Gasteiger partial charge in [0.2, 0.25) is 10.0 Å². The number of primary sulfonamides is 1. The smallest absolute Gasteiger partial charge is 0.258 e. The number of nitrogens with zero attached hydrogens (tertiary/aromatic N) is 1. The van der Waals surface area contributed by atoms with Crippen LogP contribution in [0.4, 0.5) is 10.1 Å². The van der Waals surface area contributed by atoms with Crippen LogP contribution in [0.3, 0.4) is 0 Å². The lowest BCUT2D eigenvalue weighted by atomic mass is 10.3. The Hall–Kier alpha value is -1.06. The zero-order valence-corrected chi connectivity index (χ0v) is 9.38. The van der Waals surface area contributed by atoms with Gasteiger partial charge in [-0.25, -0.2) is 17.9 Å². The minimum Gasteiger partial charge on any atom is -0.258 e. The highest BCUT2D eigenvalue weighted by molar-refractivity contribution is 9.10. The van der Waals surface area contributed by atoms with E-state index in [4.69, 9.17) is 0 Å². The van der Waals surface area contributed by atoms with Crippen molar-refractivity contribution < 1.29 is 17.7 Å². The van der Waals surface area contributed by atoms with Gasteiger partial charge < -0.3 is 0 Å². The van der Waals surface area contributed by atoms with Crippen LogP contribution >= 0.6 is 15.9 Å². The van der Waals surface area contributed by atoms with Crippen molar-refractivity contribution in [2.24, 2.45) is 5.14 Å². The molecule has 9 heteroatoms. The normalized spacial score (nSPS) is 11.4. The summed E-state index contributed by atoms with van der Waals surface area (Å²) in [7, 11) is -4.48. The van der Waals surface area contributed by atoms with Crippen molar-refractivity contribution in [3.05, 3.63) is 32.5 Å². The van der Waals surface area contributed by atoms with Crippen LogP contribution < -0.4 is 5.14 Å². The van der Waals surface area contributed by atoms with Crippen molar-refractivity contribution in [1.82, 2.24) is 0 Å². The van der Waals surface area contributed by atoms with E-state index in [-0.39, 0.29) is 4.47 Å². The number of rotatable bonds is 2. The third kappa shape index (κ3) is 2.30. The minimum atomic E-state index is -4.48. The Morgan fingerprint density at radius 3 is 2.40 bits per heavy atom. The molecule has 2 N–H and O–H groups in total. The van der Waals surface area contributed by atoms with E-state index >= 15 is 0 Å². The second kappa shape index (κ2) is 3.83. The second-order valence-electron chi connectivity index (χ2n) is 2.51. The minimum absolute atomic E-state index is 0.211. The van der Waals surface area contributed by atoms with Gasteiger partial charge in [-0.2, -0.15) is 0 Å². The summed E-state index contributed by atoms with van der Waals surface area (Å²) in [6.07, 6.45) is 0. The Morgan fingerprint density at radius 2 is 2.00 bits per heavy atom. The molecule has 0 aliphatic rings. The fraction of sp³-hybridized carbons (Fsp3) is 0. The quantitative estimate of drug-likeness (QED) is 0.653. The molecule has 0 unspecified atom stereocenters. The van der Waals surface area contributed by atoms with Gasteiger partial charge in [0.05, 0.1) is 9.40 Å². The molecule has 0 amide bonds.